The Morgan fingerprint density at radius 3 is 2.61 bits per heavy atom. The van der Waals surface area contributed by atoms with Crippen LogP contribution in [0.2, 0.25) is 0 Å². The maximum atomic E-state index is 11.2. The van der Waals surface area contributed by atoms with Gasteiger partial charge in [-0.25, -0.2) is 4.79 Å². The van der Waals surface area contributed by atoms with Crippen LogP contribution in [0, 0.1) is 0 Å². The average Bonchev–Trinajstić information content (AvgIpc) is 2.91. The van der Waals surface area contributed by atoms with Crippen LogP contribution in [0.5, 0.6) is 0 Å². The highest BCUT2D eigenvalue weighted by Crippen LogP contribution is 2.42. The highest BCUT2D eigenvalue weighted by molar-refractivity contribution is 7.23. The second-order valence-electron chi connectivity index (χ2n) is 3.94. The summed E-state index contributed by atoms with van der Waals surface area (Å²) in [6, 6.07) is 2.09. The number of carboxylic acid groups (broad SMARTS) is 1. The second kappa shape index (κ2) is 5.12. The fourth-order valence-electron chi connectivity index (χ4n) is 1.98. The zero-order valence-corrected chi connectivity index (χ0v) is 12.0. The highest BCUT2D eigenvalue weighted by Gasteiger charge is 2.22. The van der Waals surface area contributed by atoms with Gasteiger partial charge >= 0.3 is 5.97 Å². The molecule has 2 aromatic rings. The summed E-state index contributed by atoms with van der Waals surface area (Å²) in [5.41, 5.74) is 8.60. The molecular weight excluding hydrogens is 266 g/mol. The van der Waals surface area contributed by atoms with Gasteiger partial charge in [0, 0.05) is 4.88 Å². The van der Waals surface area contributed by atoms with Crippen LogP contribution in [-0.4, -0.2) is 11.1 Å². The lowest BCUT2D eigenvalue weighted by molar-refractivity contribution is 0.0703. The van der Waals surface area contributed by atoms with E-state index in [0.29, 0.717) is 5.69 Å². The maximum absolute atomic E-state index is 11.2. The van der Waals surface area contributed by atoms with E-state index in [1.165, 1.54) is 21.8 Å². The minimum absolute atomic E-state index is 0.261. The van der Waals surface area contributed by atoms with Crippen molar-refractivity contribution in [1.82, 2.24) is 0 Å². The molecule has 0 radical (unpaired) electrons. The van der Waals surface area contributed by atoms with Crippen molar-refractivity contribution in [1.29, 1.82) is 0 Å². The Kier molecular flexibility index (Phi) is 3.73. The predicted octanol–water partition coefficient (Wildman–Crippen LogP) is 3.88. The van der Waals surface area contributed by atoms with Crippen LogP contribution in [0.3, 0.4) is 0 Å². The van der Waals surface area contributed by atoms with E-state index in [0.717, 1.165) is 23.3 Å². The van der Waals surface area contributed by atoms with E-state index in [1.54, 1.807) is 11.3 Å². The lowest BCUT2D eigenvalue weighted by Crippen LogP contribution is -1.99. The van der Waals surface area contributed by atoms with Crippen molar-refractivity contribution in [2.45, 2.75) is 26.7 Å². The van der Waals surface area contributed by atoms with Crippen molar-refractivity contribution in [3.05, 3.63) is 27.5 Å². The third-order valence-electron chi connectivity index (χ3n) is 2.93. The topological polar surface area (TPSA) is 63.3 Å². The SMILES string of the molecule is CCc1ccsc1-c1sc(C(=O)O)c(N)c1CC. The number of hydrogen-bond acceptors (Lipinski definition) is 4. The van der Waals surface area contributed by atoms with Gasteiger partial charge in [-0.3, -0.25) is 0 Å². The first-order chi connectivity index (χ1) is 8.60. The molecule has 0 atom stereocenters. The van der Waals surface area contributed by atoms with Crippen LogP contribution in [0.15, 0.2) is 11.4 Å². The number of hydrogen-bond donors (Lipinski definition) is 2. The zero-order chi connectivity index (χ0) is 13.3. The summed E-state index contributed by atoms with van der Waals surface area (Å²) >= 11 is 2.94. The Labute approximate surface area is 114 Å². The molecule has 0 aliphatic heterocycles. The molecule has 0 amide bonds. The molecule has 2 aromatic heterocycles. The van der Waals surface area contributed by atoms with Gasteiger partial charge in [0.15, 0.2) is 0 Å². The first-order valence-corrected chi connectivity index (χ1v) is 7.50. The molecular formula is C13H15NO2S2. The summed E-state index contributed by atoms with van der Waals surface area (Å²) in [6.45, 7) is 4.11. The van der Waals surface area contributed by atoms with Gasteiger partial charge in [0.1, 0.15) is 4.88 Å². The van der Waals surface area contributed by atoms with E-state index in [-0.39, 0.29) is 4.88 Å². The number of carbonyl (C=O) groups is 1. The molecule has 96 valence electrons. The Morgan fingerprint density at radius 2 is 2.06 bits per heavy atom. The van der Waals surface area contributed by atoms with E-state index in [4.69, 9.17) is 10.8 Å². The van der Waals surface area contributed by atoms with E-state index < -0.39 is 5.97 Å². The van der Waals surface area contributed by atoms with Crippen LogP contribution >= 0.6 is 22.7 Å². The second-order valence-corrected chi connectivity index (χ2v) is 5.88. The van der Waals surface area contributed by atoms with Gasteiger partial charge in [-0.2, -0.15) is 0 Å². The lowest BCUT2D eigenvalue weighted by atomic mass is 10.1. The van der Waals surface area contributed by atoms with Crippen molar-refractivity contribution >= 4 is 34.3 Å². The number of thiophene rings is 2. The fraction of sp³-hybridized carbons (Fsp3) is 0.308. The van der Waals surface area contributed by atoms with Crippen LogP contribution < -0.4 is 5.73 Å². The van der Waals surface area contributed by atoms with Gasteiger partial charge < -0.3 is 10.8 Å². The maximum Gasteiger partial charge on any atom is 0.348 e. The smallest absolute Gasteiger partial charge is 0.348 e. The van der Waals surface area contributed by atoms with E-state index in [1.807, 2.05) is 12.3 Å². The predicted molar refractivity (Wildman–Crippen MR) is 77.8 cm³/mol. The molecule has 0 unspecified atom stereocenters. The van der Waals surface area contributed by atoms with Crippen molar-refractivity contribution in [3.63, 3.8) is 0 Å². The average molecular weight is 281 g/mol. The number of anilines is 1. The number of nitrogen functional groups attached to an aromatic ring is 1. The molecule has 0 aromatic carbocycles. The van der Waals surface area contributed by atoms with Gasteiger partial charge in [0.25, 0.3) is 0 Å². The summed E-state index contributed by atoms with van der Waals surface area (Å²) in [5, 5.41) is 11.2. The molecule has 0 saturated heterocycles. The summed E-state index contributed by atoms with van der Waals surface area (Å²) in [4.78, 5) is 13.6. The van der Waals surface area contributed by atoms with Crippen LogP contribution in [0.1, 0.15) is 34.6 Å². The standard InChI is InChI=1S/C13H15NO2S2/c1-3-7-5-6-17-10(7)11-8(4-2)9(14)12(18-11)13(15)16/h5-6H,3-4,14H2,1-2H3,(H,15,16). The Balaban J connectivity index is 2.64. The van der Waals surface area contributed by atoms with Crippen molar-refractivity contribution < 1.29 is 9.90 Å². The molecule has 0 saturated carbocycles. The number of aromatic carboxylic acids is 1. The Morgan fingerprint density at radius 1 is 1.33 bits per heavy atom. The van der Waals surface area contributed by atoms with Crippen molar-refractivity contribution in [3.8, 4) is 9.75 Å². The Hall–Kier alpha value is -1.33. The quantitative estimate of drug-likeness (QED) is 0.894. The molecule has 0 bridgehead atoms. The lowest BCUT2D eigenvalue weighted by Gasteiger charge is -2.02. The first-order valence-electron chi connectivity index (χ1n) is 5.81. The molecule has 0 aliphatic carbocycles. The van der Waals surface area contributed by atoms with Crippen LogP contribution in [0.4, 0.5) is 5.69 Å². The molecule has 3 N–H and O–H groups in total. The van der Waals surface area contributed by atoms with Crippen molar-refractivity contribution in [2.75, 3.05) is 5.73 Å². The summed E-state index contributed by atoms with van der Waals surface area (Å²) in [6.07, 6.45) is 1.70. The largest absolute Gasteiger partial charge is 0.477 e. The number of carboxylic acids is 1. The van der Waals surface area contributed by atoms with Gasteiger partial charge in [-0.15, -0.1) is 22.7 Å². The van der Waals surface area contributed by atoms with E-state index >= 15 is 0 Å². The summed E-state index contributed by atoms with van der Waals surface area (Å²) in [7, 11) is 0. The minimum Gasteiger partial charge on any atom is -0.477 e. The fourth-order valence-corrected chi connectivity index (χ4v) is 4.34. The van der Waals surface area contributed by atoms with E-state index in [2.05, 4.69) is 13.0 Å². The molecule has 2 heterocycles. The van der Waals surface area contributed by atoms with Gasteiger partial charge in [0.05, 0.1) is 10.6 Å². The highest BCUT2D eigenvalue weighted by atomic mass is 32.1. The summed E-state index contributed by atoms with van der Waals surface area (Å²) in [5.74, 6) is -0.937. The van der Waals surface area contributed by atoms with Crippen LogP contribution in [-0.2, 0) is 12.8 Å². The van der Waals surface area contributed by atoms with E-state index in [9.17, 15) is 4.79 Å². The molecule has 0 fully saturated rings. The first kappa shape index (κ1) is 13.1. The molecule has 3 nitrogen and oxygen atoms in total. The minimum atomic E-state index is -0.937. The number of aryl methyl sites for hydroxylation is 1. The number of nitrogens with two attached hydrogens (primary N) is 1. The molecule has 0 aliphatic rings. The molecule has 0 spiro atoms. The van der Waals surface area contributed by atoms with Gasteiger partial charge in [0.2, 0.25) is 0 Å². The molecule has 5 heteroatoms. The number of rotatable bonds is 4. The van der Waals surface area contributed by atoms with Crippen LogP contribution in [0.25, 0.3) is 9.75 Å². The molecule has 2 rings (SSSR count). The molecule has 18 heavy (non-hydrogen) atoms. The zero-order valence-electron chi connectivity index (χ0n) is 10.3. The van der Waals surface area contributed by atoms with Crippen molar-refractivity contribution in [2.24, 2.45) is 0 Å². The van der Waals surface area contributed by atoms with Gasteiger partial charge in [-0.05, 0) is 35.4 Å². The Bertz CT molecular complexity index is 584. The third-order valence-corrected chi connectivity index (χ3v) is 5.29. The van der Waals surface area contributed by atoms with Gasteiger partial charge in [-0.1, -0.05) is 13.8 Å². The summed E-state index contributed by atoms with van der Waals surface area (Å²) < 4.78 is 0. The monoisotopic (exact) mass is 281 g/mol. The third kappa shape index (κ3) is 2.04. The normalized spacial score (nSPS) is 10.8.